The largest absolute Gasteiger partial charge is 0.481 e. The highest BCUT2D eigenvalue weighted by molar-refractivity contribution is 5.67. The SMILES string of the molecule is O=C(O)CC1CCC2CC1O2. The van der Waals surface area contributed by atoms with Crippen molar-refractivity contribution in [2.24, 2.45) is 5.92 Å². The van der Waals surface area contributed by atoms with Crippen LogP contribution in [-0.2, 0) is 9.53 Å². The van der Waals surface area contributed by atoms with Crippen molar-refractivity contribution in [3.05, 3.63) is 0 Å². The number of rotatable bonds is 2. The first-order valence-electron chi connectivity index (χ1n) is 4.13. The fraction of sp³-hybridized carbons (Fsp3) is 0.875. The summed E-state index contributed by atoms with van der Waals surface area (Å²) in [6, 6.07) is 0. The minimum atomic E-state index is -0.691. The summed E-state index contributed by atoms with van der Waals surface area (Å²) in [5, 5.41) is 8.55. The Labute approximate surface area is 65.4 Å². The molecule has 0 spiro atoms. The van der Waals surface area contributed by atoms with Crippen LogP contribution in [-0.4, -0.2) is 23.3 Å². The lowest BCUT2D eigenvalue weighted by Gasteiger charge is -2.46. The summed E-state index contributed by atoms with van der Waals surface area (Å²) in [5.41, 5.74) is 0. The third-order valence-electron chi connectivity index (χ3n) is 2.68. The monoisotopic (exact) mass is 156 g/mol. The van der Waals surface area contributed by atoms with E-state index in [9.17, 15) is 4.79 Å². The van der Waals surface area contributed by atoms with Gasteiger partial charge in [-0.15, -0.1) is 0 Å². The third-order valence-corrected chi connectivity index (χ3v) is 2.68. The first kappa shape index (κ1) is 7.10. The minimum Gasteiger partial charge on any atom is -0.481 e. The van der Waals surface area contributed by atoms with Crippen LogP contribution < -0.4 is 0 Å². The lowest BCUT2D eigenvalue weighted by atomic mass is 9.78. The first-order valence-corrected chi connectivity index (χ1v) is 4.13. The second-order valence-corrected chi connectivity index (χ2v) is 3.47. The Kier molecular flexibility index (Phi) is 1.60. The van der Waals surface area contributed by atoms with Gasteiger partial charge in [0.2, 0.25) is 0 Å². The van der Waals surface area contributed by atoms with Gasteiger partial charge in [0, 0.05) is 6.42 Å². The second kappa shape index (κ2) is 2.48. The number of carbonyl (C=O) groups is 1. The molecule has 2 saturated heterocycles. The summed E-state index contributed by atoms with van der Waals surface area (Å²) in [4.78, 5) is 10.4. The fourth-order valence-electron chi connectivity index (χ4n) is 2.03. The van der Waals surface area contributed by atoms with Crippen LogP contribution in [0.2, 0.25) is 0 Å². The standard InChI is InChI=1S/C8H12O3/c9-8(10)3-5-1-2-6-4-7(5)11-6/h5-7H,1-4H2,(H,9,10). The molecule has 2 aliphatic heterocycles. The quantitative estimate of drug-likeness (QED) is 0.649. The highest BCUT2D eigenvalue weighted by Gasteiger charge is 2.41. The van der Waals surface area contributed by atoms with E-state index in [1.54, 1.807) is 0 Å². The van der Waals surface area contributed by atoms with Crippen molar-refractivity contribution in [3.63, 3.8) is 0 Å². The Morgan fingerprint density at radius 3 is 2.73 bits per heavy atom. The van der Waals surface area contributed by atoms with Crippen LogP contribution in [0, 0.1) is 5.92 Å². The van der Waals surface area contributed by atoms with Gasteiger partial charge in [-0.1, -0.05) is 0 Å². The molecule has 0 aromatic heterocycles. The summed E-state index contributed by atoms with van der Waals surface area (Å²) >= 11 is 0. The van der Waals surface area contributed by atoms with Gasteiger partial charge in [0.15, 0.2) is 0 Å². The molecule has 11 heavy (non-hydrogen) atoms. The summed E-state index contributed by atoms with van der Waals surface area (Å²) in [6.45, 7) is 0. The first-order chi connectivity index (χ1) is 5.25. The summed E-state index contributed by atoms with van der Waals surface area (Å²) in [7, 11) is 0. The Hall–Kier alpha value is -0.570. The molecule has 1 aliphatic carbocycles. The van der Waals surface area contributed by atoms with Crippen molar-refractivity contribution >= 4 is 5.97 Å². The van der Waals surface area contributed by atoms with E-state index in [1.165, 1.54) is 0 Å². The van der Waals surface area contributed by atoms with Crippen LogP contribution in [0.25, 0.3) is 0 Å². The third kappa shape index (κ3) is 1.25. The van der Waals surface area contributed by atoms with Crippen LogP contribution in [0.15, 0.2) is 0 Å². The number of ether oxygens (including phenoxy) is 1. The summed E-state index contributed by atoms with van der Waals surface area (Å²) in [6.07, 6.45) is 4.22. The van der Waals surface area contributed by atoms with Crippen LogP contribution in [0.1, 0.15) is 25.7 Å². The smallest absolute Gasteiger partial charge is 0.303 e. The number of aliphatic carboxylic acids is 1. The van der Waals surface area contributed by atoms with Crippen LogP contribution in [0.3, 0.4) is 0 Å². The lowest BCUT2D eigenvalue weighted by Crippen LogP contribution is -2.48. The Morgan fingerprint density at radius 1 is 1.55 bits per heavy atom. The van der Waals surface area contributed by atoms with Crippen LogP contribution >= 0.6 is 0 Å². The predicted octanol–water partition coefficient (Wildman–Crippen LogP) is 1.03. The van der Waals surface area contributed by atoms with Crippen molar-refractivity contribution in [1.29, 1.82) is 0 Å². The average Bonchev–Trinajstić information content (AvgIpc) is 1.83. The number of carboxylic acids is 1. The van der Waals surface area contributed by atoms with E-state index < -0.39 is 5.97 Å². The number of carboxylic acid groups (broad SMARTS) is 1. The molecule has 1 N–H and O–H groups in total. The van der Waals surface area contributed by atoms with Gasteiger partial charge in [-0.25, -0.2) is 0 Å². The molecule has 3 fully saturated rings. The predicted molar refractivity (Wildman–Crippen MR) is 38.3 cm³/mol. The van der Waals surface area contributed by atoms with Gasteiger partial charge in [0.1, 0.15) is 0 Å². The fourth-order valence-corrected chi connectivity index (χ4v) is 2.03. The number of hydrogen-bond donors (Lipinski definition) is 1. The molecular formula is C8H12O3. The van der Waals surface area contributed by atoms with E-state index >= 15 is 0 Å². The van der Waals surface area contributed by atoms with Crippen molar-refractivity contribution in [3.8, 4) is 0 Å². The molecule has 3 aliphatic rings. The van der Waals surface area contributed by atoms with E-state index in [-0.39, 0.29) is 18.4 Å². The molecule has 3 unspecified atom stereocenters. The summed E-state index contributed by atoms with van der Waals surface area (Å²) < 4.78 is 5.43. The van der Waals surface area contributed by atoms with Crippen LogP contribution in [0.4, 0.5) is 0 Å². The Bertz CT molecular complexity index is 169. The molecule has 3 rings (SSSR count). The van der Waals surface area contributed by atoms with Crippen molar-refractivity contribution in [2.45, 2.75) is 37.9 Å². The highest BCUT2D eigenvalue weighted by Crippen LogP contribution is 2.40. The maximum absolute atomic E-state index is 10.4. The molecule has 3 atom stereocenters. The molecular weight excluding hydrogens is 144 g/mol. The van der Waals surface area contributed by atoms with Crippen molar-refractivity contribution in [1.82, 2.24) is 0 Å². The molecule has 62 valence electrons. The van der Waals surface area contributed by atoms with Gasteiger partial charge >= 0.3 is 5.97 Å². The number of fused-ring (bicyclic) bond motifs is 2. The zero-order valence-electron chi connectivity index (χ0n) is 6.32. The van der Waals surface area contributed by atoms with E-state index in [2.05, 4.69) is 0 Å². The van der Waals surface area contributed by atoms with Gasteiger partial charge in [0.25, 0.3) is 0 Å². The van der Waals surface area contributed by atoms with E-state index in [1.807, 2.05) is 0 Å². The molecule has 0 aromatic rings. The second-order valence-electron chi connectivity index (χ2n) is 3.47. The normalized spacial score (nSPS) is 41.3. The molecule has 0 radical (unpaired) electrons. The lowest BCUT2D eigenvalue weighted by molar-refractivity contribution is -0.189. The molecule has 3 heteroatoms. The maximum Gasteiger partial charge on any atom is 0.303 e. The highest BCUT2D eigenvalue weighted by atomic mass is 16.5. The zero-order chi connectivity index (χ0) is 7.84. The molecule has 3 nitrogen and oxygen atoms in total. The average molecular weight is 156 g/mol. The zero-order valence-corrected chi connectivity index (χ0v) is 6.32. The van der Waals surface area contributed by atoms with E-state index in [0.717, 1.165) is 19.3 Å². The van der Waals surface area contributed by atoms with E-state index in [0.29, 0.717) is 6.10 Å². The Balaban J connectivity index is 1.88. The van der Waals surface area contributed by atoms with Crippen LogP contribution in [0.5, 0.6) is 0 Å². The Morgan fingerprint density at radius 2 is 2.27 bits per heavy atom. The van der Waals surface area contributed by atoms with Gasteiger partial charge in [-0.05, 0) is 18.8 Å². The van der Waals surface area contributed by atoms with Crippen molar-refractivity contribution in [2.75, 3.05) is 0 Å². The molecule has 0 aromatic carbocycles. The van der Waals surface area contributed by atoms with Gasteiger partial charge in [0.05, 0.1) is 18.6 Å². The molecule has 1 saturated carbocycles. The minimum absolute atomic E-state index is 0.268. The van der Waals surface area contributed by atoms with Gasteiger partial charge in [-0.3, -0.25) is 4.79 Å². The molecule has 0 amide bonds. The molecule has 2 heterocycles. The summed E-state index contributed by atoms with van der Waals surface area (Å²) in [5.74, 6) is -0.401. The van der Waals surface area contributed by atoms with E-state index in [4.69, 9.17) is 9.84 Å². The number of hydrogen-bond acceptors (Lipinski definition) is 2. The van der Waals surface area contributed by atoms with Gasteiger partial charge < -0.3 is 9.84 Å². The topological polar surface area (TPSA) is 46.5 Å². The van der Waals surface area contributed by atoms with Gasteiger partial charge in [-0.2, -0.15) is 0 Å². The molecule has 2 bridgehead atoms. The van der Waals surface area contributed by atoms with Crippen molar-refractivity contribution < 1.29 is 14.6 Å². The maximum atomic E-state index is 10.4.